The molecule has 1 N–H and O–H groups in total. The zero-order valence-electron chi connectivity index (χ0n) is 13.0. The summed E-state index contributed by atoms with van der Waals surface area (Å²) in [5.74, 6) is 0. The predicted octanol–water partition coefficient (Wildman–Crippen LogP) is 3.66. The first kappa shape index (κ1) is 14.8. The summed E-state index contributed by atoms with van der Waals surface area (Å²) in [6.07, 6.45) is 6.00. The molecule has 3 heterocycles. The Bertz CT molecular complexity index is 614. The van der Waals surface area contributed by atoms with E-state index in [1.165, 1.54) is 47.8 Å². The first-order chi connectivity index (χ1) is 10.8. The smallest absolute Gasteiger partial charge is 0.107 e. The lowest BCUT2D eigenvalue weighted by molar-refractivity contribution is 0.189. The third kappa shape index (κ3) is 2.87. The Morgan fingerprint density at radius 3 is 2.82 bits per heavy atom. The van der Waals surface area contributed by atoms with Gasteiger partial charge in [-0.2, -0.15) is 0 Å². The van der Waals surface area contributed by atoms with Gasteiger partial charge in [0.15, 0.2) is 0 Å². The summed E-state index contributed by atoms with van der Waals surface area (Å²) in [4.78, 5) is 8.74. The maximum Gasteiger partial charge on any atom is 0.107 e. The number of nitrogens with zero attached hydrogens (tertiary/aromatic N) is 2. The van der Waals surface area contributed by atoms with E-state index in [0.717, 1.165) is 19.1 Å². The van der Waals surface area contributed by atoms with E-state index in [-0.39, 0.29) is 0 Å². The molecule has 2 fully saturated rings. The molecule has 4 rings (SSSR count). The fourth-order valence-corrected chi connectivity index (χ4v) is 5.41. The lowest BCUT2D eigenvalue weighted by Gasteiger charge is -2.29. The van der Waals surface area contributed by atoms with E-state index in [9.17, 15) is 0 Å². The van der Waals surface area contributed by atoms with Crippen LogP contribution in [-0.4, -0.2) is 29.0 Å². The van der Waals surface area contributed by atoms with Gasteiger partial charge in [0.1, 0.15) is 5.01 Å². The van der Waals surface area contributed by atoms with Gasteiger partial charge in [-0.1, -0.05) is 0 Å². The second kappa shape index (κ2) is 6.04. The van der Waals surface area contributed by atoms with Gasteiger partial charge in [-0.25, -0.2) is 4.98 Å². The maximum absolute atomic E-state index is 4.52. The van der Waals surface area contributed by atoms with Gasteiger partial charge in [-0.15, -0.1) is 22.7 Å². The first-order valence-electron chi connectivity index (χ1n) is 8.13. The lowest BCUT2D eigenvalue weighted by Crippen LogP contribution is -2.35. The summed E-state index contributed by atoms with van der Waals surface area (Å²) in [6.45, 7) is 6.72. The quantitative estimate of drug-likeness (QED) is 0.905. The van der Waals surface area contributed by atoms with Gasteiger partial charge in [0.2, 0.25) is 0 Å². The fourth-order valence-electron chi connectivity index (χ4n) is 3.84. The van der Waals surface area contributed by atoms with Crippen LogP contribution in [0.25, 0.3) is 0 Å². The van der Waals surface area contributed by atoms with Crippen LogP contribution in [0.1, 0.15) is 34.7 Å². The Balaban J connectivity index is 1.52. The van der Waals surface area contributed by atoms with Crippen LogP contribution in [0, 0.1) is 12.3 Å². The minimum absolute atomic E-state index is 0.591. The van der Waals surface area contributed by atoms with Crippen molar-refractivity contribution in [2.45, 2.75) is 45.3 Å². The number of piperidine rings is 1. The van der Waals surface area contributed by atoms with Crippen LogP contribution in [0.15, 0.2) is 23.0 Å². The van der Waals surface area contributed by atoms with E-state index in [4.69, 9.17) is 0 Å². The molecule has 1 atom stereocenters. The lowest BCUT2D eigenvalue weighted by atomic mass is 9.93. The SMILES string of the molecule is Cc1ccsc1CN(Cc1nccs1)[C@@H]1CC12CCNCC2. The molecule has 3 nitrogen and oxygen atoms in total. The topological polar surface area (TPSA) is 28.2 Å². The molecular formula is C17H23N3S2. The van der Waals surface area contributed by atoms with E-state index in [1.54, 1.807) is 11.3 Å². The molecule has 5 heteroatoms. The van der Waals surface area contributed by atoms with Gasteiger partial charge in [0.25, 0.3) is 0 Å². The highest BCUT2D eigenvalue weighted by Gasteiger charge is 2.56. The zero-order valence-corrected chi connectivity index (χ0v) is 14.7. The monoisotopic (exact) mass is 333 g/mol. The minimum atomic E-state index is 0.591. The minimum Gasteiger partial charge on any atom is -0.317 e. The Morgan fingerprint density at radius 1 is 1.27 bits per heavy atom. The standard InChI is InChI=1S/C17H23N3S2/c1-13-2-8-21-14(13)11-20(12-16-19-7-9-22-16)15-10-17(15)3-5-18-6-4-17/h2,7-9,15,18H,3-6,10-12H2,1H3/t15-/m1/s1. The molecule has 1 spiro atoms. The number of nitrogens with one attached hydrogen (secondary N) is 1. The maximum atomic E-state index is 4.52. The van der Waals surface area contributed by atoms with Crippen molar-refractivity contribution in [1.29, 1.82) is 0 Å². The number of aromatic nitrogens is 1. The Hall–Kier alpha value is -0.750. The third-order valence-electron chi connectivity index (χ3n) is 5.32. The summed E-state index contributed by atoms with van der Waals surface area (Å²) in [5.41, 5.74) is 2.03. The van der Waals surface area contributed by atoms with E-state index >= 15 is 0 Å². The van der Waals surface area contributed by atoms with Crippen LogP contribution in [0.4, 0.5) is 0 Å². The van der Waals surface area contributed by atoms with Crippen LogP contribution in [0.3, 0.4) is 0 Å². The number of thiazole rings is 1. The molecule has 2 aliphatic rings. The zero-order chi connectivity index (χ0) is 15.0. The van der Waals surface area contributed by atoms with Crippen molar-refractivity contribution < 1.29 is 0 Å². The van der Waals surface area contributed by atoms with Gasteiger partial charge in [-0.05, 0) is 61.7 Å². The molecule has 0 amide bonds. The predicted molar refractivity (Wildman–Crippen MR) is 93.4 cm³/mol. The van der Waals surface area contributed by atoms with Crippen molar-refractivity contribution in [2.24, 2.45) is 5.41 Å². The number of aryl methyl sites for hydroxylation is 1. The van der Waals surface area contributed by atoms with Crippen LogP contribution in [-0.2, 0) is 13.1 Å². The summed E-state index contributed by atoms with van der Waals surface area (Å²) >= 11 is 3.69. The van der Waals surface area contributed by atoms with Crippen LogP contribution in [0.2, 0.25) is 0 Å². The average molecular weight is 334 g/mol. The van der Waals surface area contributed by atoms with Crippen molar-refractivity contribution in [3.63, 3.8) is 0 Å². The van der Waals surface area contributed by atoms with Crippen molar-refractivity contribution >= 4 is 22.7 Å². The average Bonchev–Trinajstić information content (AvgIpc) is 2.90. The molecule has 22 heavy (non-hydrogen) atoms. The highest BCUT2D eigenvalue weighted by Crippen LogP contribution is 2.56. The summed E-state index contributed by atoms with van der Waals surface area (Å²) in [5, 5.41) is 9.08. The van der Waals surface area contributed by atoms with Crippen LogP contribution >= 0.6 is 22.7 Å². The first-order valence-corrected chi connectivity index (χ1v) is 9.89. The van der Waals surface area contributed by atoms with E-state index in [1.807, 2.05) is 17.5 Å². The van der Waals surface area contributed by atoms with E-state index < -0.39 is 0 Å². The Labute approximate surface area is 140 Å². The molecule has 118 valence electrons. The summed E-state index contributed by atoms with van der Waals surface area (Å²) in [7, 11) is 0. The number of hydrogen-bond acceptors (Lipinski definition) is 5. The highest BCUT2D eigenvalue weighted by atomic mass is 32.1. The Morgan fingerprint density at radius 2 is 2.14 bits per heavy atom. The molecule has 1 aliphatic heterocycles. The number of hydrogen-bond donors (Lipinski definition) is 1. The highest BCUT2D eigenvalue weighted by molar-refractivity contribution is 7.10. The molecule has 1 saturated carbocycles. The molecular weight excluding hydrogens is 310 g/mol. The van der Waals surface area contributed by atoms with Crippen molar-refractivity contribution in [1.82, 2.24) is 15.2 Å². The normalized spacial score (nSPS) is 23.3. The van der Waals surface area contributed by atoms with Crippen molar-refractivity contribution in [2.75, 3.05) is 13.1 Å². The molecule has 0 unspecified atom stereocenters. The molecule has 1 aliphatic carbocycles. The molecule has 2 aromatic heterocycles. The van der Waals surface area contributed by atoms with Gasteiger partial charge < -0.3 is 5.32 Å². The van der Waals surface area contributed by atoms with Gasteiger partial charge in [0.05, 0.1) is 6.54 Å². The summed E-state index contributed by atoms with van der Waals surface area (Å²) < 4.78 is 0. The van der Waals surface area contributed by atoms with Gasteiger partial charge in [0, 0.05) is 29.0 Å². The Kier molecular flexibility index (Phi) is 4.07. The number of thiophene rings is 1. The molecule has 0 radical (unpaired) electrons. The van der Waals surface area contributed by atoms with E-state index in [2.05, 4.69) is 39.0 Å². The fraction of sp³-hybridized carbons (Fsp3) is 0.588. The second-order valence-electron chi connectivity index (χ2n) is 6.69. The van der Waals surface area contributed by atoms with Crippen molar-refractivity contribution in [3.8, 4) is 0 Å². The largest absolute Gasteiger partial charge is 0.317 e. The molecule has 0 bridgehead atoms. The van der Waals surface area contributed by atoms with Crippen LogP contribution in [0.5, 0.6) is 0 Å². The van der Waals surface area contributed by atoms with E-state index in [0.29, 0.717) is 5.41 Å². The molecule has 1 saturated heterocycles. The van der Waals surface area contributed by atoms with Crippen molar-refractivity contribution in [3.05, 3.63) is 38.5 Å². The second-order valence-corrected chi connectivity index (χ2v) is 8.67. The third-order valence-corrected chi connectivity index (χ3v) is 7.10. The summed E-state index contributed by atoms with van der Waals surface area (Å²) in [6, 6.07) is 2.99. The number of rotatable bonds is 5. The molecule has 2 aromatic rings. The van der Waals surface area contributed by atoms with Gasteiger partial charge >= 0.3 is 0 Å². The van der Waals surface area contributed by atoms with Crippen LogP contribution < -0.4 is 5.32 Å². The van der Waals surface area contributed by atoms with Gasteiger partial charge in [-0.3, -0.25) is 4.90 Å². The molecule has 0 aromatic carbocycles.